The van der Waals surface area contributed by atoms with Crippen molar-refractivity contribution in [3.8, 4) is 0 Å². The third-order valence-corrected chi connectivity index (χ3v) is 4.34. The molecule has 0 bridgehead atoms. The van der Waals surface area contributed by atoms with E-state index in [-0.39, 0.29) is 18.2 Å². The lowest BCUT2D eigenvalue weighted by Gasteiger charge is -2.16. The van der Waals surface area contributed by atoms with Crippen molar-refractivity contribution in [1.29, 1.82) is 0 Å². The normalized spacial score (nSPS) is 12.2. The SMILES string of the molecule is Cc1ccc2c(c1)nc(Cc1ccc([N+](=O)[O-])cc1)n2C(C)CC(=O)O. The van der Waals surface area contributed by atoms with Crippen molar-refractivity contribution < 1.29 is 14.8 Å². The summed E-state index contributed by atoms with van der Waals surface area (Å²) < 4.78 is 1.95. The van der Waals surface area contributed by atoms with Gasteiger partial charge < -0.3 is 9.67 Å². The summed E-state index contributed by atoms with van der Waals surface area (Å²) in [6.45, 7) is 3.84. The van der Waals surface area contributed by atoms with E-state index in [1.807, 2.05) is 36.6 Å². The Balaban J connectivity index is 2.03. The Labute approximate surface area is 150 Å². The molecular weight excluding hydrogens is 334 g/mol. The number of aliphatic carboxylic acids is 1. The molecule has 1 atom stereocenters. The molecular formula is C19H19N3O4. The van der Waals surface area contributed by atoms with E-state index in [1.165, 1.54) is 12.1 Å². The lowest BCUT2D eigenvalue weighted by atomic mass is 10.1. The lowest BCUT2D eigenvalue weighted by Crippen LogP contribution is -2.13. The van der Waals surface area contributed by atoms with Crippen molar-refractivity contribution in [2.75, 3.05) is 0 Å². The topological polar surface area (TPSA) is 98.3 Å². The molecule has 0 spiro atoms. The Morgan fingerprint density at radius 1 is 1.27 bits per heavy atom. The van der Waals surface area contributed by atoms with Crippen LogP contribution < -0.4 is 0 Å². The van der Waals surface area contributed by atoms with Crippen LogP contribution >= 0.6 is 0 Å². The van der Waals surface area contributed by atoms with E-state index in [4.69, 9.17) is 10.1 Å². The lowest BCUT2D eigenvalue weighted by molar-refractivity contribution is -0.384. The van der Waals surface area contributed by atoms with Gasteiger partial charge >= 0.3 is 5.97 Å². The number of aryl methyl sites for hydroxylation is 1. The average Bonchev–Trinajstić information content (AvgIpc) is 2.91. The number of aromatic nitrogens is 2. The molecule has 0 amide bonds. The van der Waals surface area contributed by atoms with Crippen LogP contribution in [0.4, 0.5) is 5.69 Å². The predicted molar refractivity (Wildman–Crippen MR) is 97.3 cm³/mol. The highest BCUT2D eigenvalue weighted by atomic mass is 16.6. The summed E-state index contributed by atoms with van der Waals surface area (Å²) in [6.07, 6.45) is 0.461. The van der Waals surface area contributed by atoms with Crippen molar-refractivity contribution in [3.05, 3.63) is 69.5 Å². The highest BCUT2D eigenvalue weighted by Crippen LogP contribution is 2.26. The third kappa shape index (κ3) is 3.56. The van der Waals surface area contributed by atoms with Crippen LogP contribution in [0.5, 0.6) is 0 Å². The zero-order valence-corrected chi connectivity index (χ0v) is 14.5. The number of carbonyl (C=O) groups is 1. The van der Waals surface area contributed by atoms with Crippen molar-refractivity contribution in [2.45, 2.75) is 32.7 Å². The van der Waals surface area contributed by atoms with Crippen molar-refractivity contribution in [2.24, 2.45) is 0 Å². The number of hydrogen-bond donors (Lipinski definition) is 1. The molecule has 0 radical (unpaired) electrons. The number of nitro groups is 1. The van der Waals surface area contributed by atoms with Crippen molar-refractivity contribution in [3.63, 3.8) is 0 Å². The molecule has 1 unspecified atom stereocenters. The number of non-ortho nitro benzene ring substituents is 1. The second-order valence-corrected chi connectivity index (χ2v) is 6.44. The Kier molecular flexibility index (Phi) is 4.71. The van der Waals surface area contributed by atoms with Gasteiger partial charge in [0, 0.05) is 24.6 Å². The molecule has 0 saturated heterocycles. The largest absolute Gasteiger partial charge is 0.481 e. The molecule has 0 fully saturated rings. The standard InChI is InChI=1S/C19H19N3O4/c1-12-3-8-17-16(9-12)20-18(21(17)13(2)10-19(23)24)11-14-4-6-15(7-5-14)22(25)26/h3-9,13H,10-11H2,1-2H3,(H,23,24). The molecule has 7 heteroatoms. The molecule has 26 heavy (non-hydrogen) atoms. The van der Waals surface area contributed by atoms with Gasteiger partial charge in [-0.3, -0.25) is 14.9 Å². The molecule has 3 aromatic rings. The maximum atomic E-state index is 11.2. The van der Waals surface area contributed by atoms with E-state index in [0.29, 0.717) is 6.42 Å². The number of carboxylic acid groups (broad SMARTS) is 1. The predicted octanol–water partition coefficient (Wildman–Crippen LogP) is 3.88. The summed E-state index contributed by atoms with van der Waals surface area (Å²) >= 11 is 0. The molecule has 0 saturated carbocycles. The summed E-state index contributed by atoms with van der Waals surface area (Å²) in [5.74, 6) is -0.124. The second kappa shape index (κ2) is 6.95. The summed E-state index contributed by atoms with van der Waals surface area (Å²) in [5.41, 5.74) is 3.71. The number of fused-ring (bicyclic) bond motifs is 1. The second-order valence-electron chi connectivity index (χ2n) is 6.44. The molecule has 0 aliphatic heterocycles. The fourth-order valence-electron chi connectivity index (χ4n) is 3.14. The first-order valence-electron chi connectivity index (χ1n) is 8.27. The van der Waals surface area contributed by atoms with Gasteiger partial charge in [-0.25, -0.2) is 4.98 Å². The van der Waals surface area contributed by atoms with Crippen molar-refractivity contribution in [1.82, 2.24) is 9.55 Å². The Morgan fingerprint density at radius 2 is 1.96 bits per heavy atom. The maximum Gasteiger partial charge on any atom is 0.305 e. The maximum absolute atomic E-state index is 11.2. The molecule has 0 aliphatic carbocycles. The first-order chi connectivity index (χ1) is 12.3. The average molecular weight is 353 g/mol. The van der Waals surface area contributed by atoms with E-state index >= 15 is 0 Å². The Bertz CT molecular complexity index is 976. The Hall–Kier alpha value is -3.22. The van der Waals surface area contributed by atoms with E-state index in [0.717, 1.165) is 28.0 Å². The molecule has 0 aliphatic rings. The highest BCUT2D eigenvalue weighted by molar-refractivity contribution is 5.77. The first kappa shape index (κ1) is 17.6. The minimum absolute atomic E-state index is 0.00734. The summed E-state index contributed by atoms with van der Waals surface area (Å²) in [5, 5.41) is 20.0. The summed E-state index contributed by atoms with van der Waals surface area (Å²) in [4.78, 5) is 26.2. The number of benzene rings is 2. The molecule has 3 rings (SSSR count). The quantitative estimate of drug-likeness (QED) is 0.535. The smallest absolute Gasteiger partial charge is 0.305 e. The minimum Gasteiger partial charge on any atom is -0.481 e. The van der Waals surface area contributed by atoms with Crippen LogP contribution in [0.2, 0.25) is 0 Å². The van der Waals surface area contributed by atoms with E-state index < -0.39 is 10.9 Å². The van der Waals surface area contributed by atoms with Crippen LogP contribution in [-0.2, 0) is 11.2 Å². The minimum atomic E-state index is -0.868. The van der Waals surface area contributed by atoms with Crippen LogP contribution in [0.3, 0.4) is 0 Å². The van der Waals surface area contributed by atoms with Gasteiger partial charge in [-0.05, 0) is 37.1 Å². The summed E-state index contributed by atoms with van der Waals surface area (Å²) in [7, 11) is 0. The number of imidazole rings is 1. The number of rotatable bonds is 6. The van der Waals surface area contributed by atoms with Crippen LogP contribution in [0.15, 0.2) is 42.5 Å². The van der Waals surface area contributed by atoms with Gasteiger partial charge in [-0.1, -0.05) is 18.2 Å². The number of hydrogen-bond acceptors (Lipinski definition) is 4. The molecule has 134 valence electrons. The van der Waals surface area contributed by atoms with Crippen LogP contribution in [-0.4, -0.2) is 25.6 Å². The van der Waals surface area contributed by atoms with Gasteiger partial charge in [0.15, 0.2) is 0 Å². The van der Waals surface area contributed by atoms with Crippen LogP contribution in [0.1, 0.15) is 36.3 Å². The molecule has 1 heterocycles. The van der Waals surface area contributed by atoms with Crippen LogP contribution in [0, 0.1) is 17.0 Å². The zero-order chi connectivity index (χ0) is 18.8. The van der Waals surface area contributed by atoms with E-state index in [9.17, 15) is 14.9 Å². The third-order valence-electron chi connectivity index (χ3n) is 4.34. The number of nitrogens with zero attached hydrogens (tertiary/aromatic N) is 3. The molecule has 2 aromatic carbocycles. The number of nitro benzene ring substituents is 1. The molecule has 1 N–H and O–H groups in total. The number of carboxylic acids is 1. The first-order valence-corrected chi connectivity index (χ1v) is 8.27. The van der Waals surface area contributed by atoms with Gasteiger partial charge in [-0.15, -0.1) is 0 Å². The van der Waals surface area contributed by atoms with Gasteiger partial charge in [-0.2, -0.15) is 0 Å². The van der Waals surface area contributed by atoms with Gasteiger partial charge in [0.05, 0.1) is 22.4 Å². The van der Waals surface area contributed by atoms with Gasteiger partial charge in [0.2, 0.25) is 0 Å². The van der Waals surface area contributed by atoms with Gasteiger partial charge in [0.1, 0.15) is 5.82 Å². The van der Waals surface area contributed by atoms with E-state index in [2.05, 4.69) is 0 Å². The van der Waals surface area contributed by atoms with Crippen molar-refractivity contribution >= 4 is 22.7 Å². The highest BCUT2D eigenvalue weighted by Gasteiger charge is 2.19. The monoisotopic (exact) mass is 353 g/mol. The molecule has 1 aromatic heterocycles. The summed E-state index contributed by atoms with van der Waals surface area (Å²) in [6, 6.07) is 12.0. The molecule has 7 nitrogen and oxygen atoms in total. The Morgan fingerprint density at radius 3 is 2.58 bits per heavy atom. The van der Waals surface area contributed by atoms with Gasteiger partial charge in [0.25, 0.3) is 5.69 Å². The fourth-order valence-corrected chi connectivity index (χ4v) is 3.14. The van der Waals surface area contributed by atoms with E-state index in [1.54, 1.807) is 12.1 Å². The zero-order valence-electron chi connectivity index (χ0n) is 14.5. The van der Waals surface area contributed by atoms with Crippen LogP contribution in [0.25, 0.3) is 11.0 Å². The fraction of sp³-hybridized carbons (Fsp3) is 0.263.